The maximum atomic E-state index is 13.9. The summed E-state index contributed by atoms with van der Waals surface area (Å²) in [7, 11) is 1.76. The van der Waals surface area contributed by atoms with Crippen molar-refractivity contribution in [3.63, 3.8) is 0 Å². The quantitative estimate of drug-likeness (QED) is 0.666. The molecule has 164 valence electrons. The van der Waals surface area contributed by atoms with Crippen LogP contribution in [0.15, 0.2) is 24.3 Å². The summed E-state index contributed by atoms with van der Waals surface area (Å²) in [6.07, 6.45) is 8.57. The van der Waals surface area contributed by atoms with Crippen molar-refractivity contribution in [2.24, 2.45) is 11.8 Å². The summed E-state index contributed by atoms with van der Waals surface area (Å²) >= 11 is 1.58. The summed E-state index contributed by atoms with van der Waals surface area (Å²) in [4.78, 5) is 46.0. The highest BCUT2D eigenvalue weighted by Gasteiger charge is 2.71. The molecule has 0 bridgehead atoms. The zero-order valence-corrected chi connectivity index (χ0v) is 18.8. The van der Waals surface area contributed by atoms with Gasteiger partial charge in [0, 0.05) is 31.4 Å². The van der Waals surface area contributed by atoms with E-state index in [0.29, 0.717) is 19.5 Å². The van der Waals surface area contributed by atoms with Crippen molar-refractivity contribution in [3.05, 3.63) is 24.3 Å². The van der Waals surface area contributed by atoms with E-state index in [1.54, 1.807) is 33.5 Å². The molecule has 4 heterocycles. The van der Waals surface area contributed by atoms with Crippen molar-refractivity contribution in [2.45, 2.75) is 55.3 Å². The molecule has 4 rings (SSSR count). The van der Waals surface area contributed by atoms with Gasteiger partial charge in [-0.05, 0) is 20.3 Å². The molecule has 1 N–H and O–H groups in total. The summed E-state index contributed by atoms with van der Waals surface area (Å²) < 4.78 is -0.798. The molecule has 30 heavy (non-hydrogen) atoms. The molecule has 2 fully saturated rings. The molecule has 0 aromatic rings. The first kappa shape index (κ1) is 21.4. The zero-order valence-electron chi connectivity index (χ0n) is 18.0. The van der Waals surface area contributed by atoms with Crippen molar-refractivity contribution in [1.82, 2.24) is 14.7 Å². The van der Waals surface area contributed by atoms with Crippen LogP contribution in [0.2, 0.25) is 0 Å². The average Bonchev–Trinajstić information content (AvgIpc) is 3.03. The fourth-order valence-corrected chi connectivity index (χ4v) is 7.49. The Morgan fingerprint density at radius 3 is 2.53 bits per heavy atom. The lowest BCUT2D eigenvalue weighted by Crippen LogP contribution is -2.57. The van der Waals surface area contributed by atoms with E-state index in [9.17, 15) is 19.5 Å². The van der Waals surface area contributed by atoms with Crippen LogP contribution in [0.3, 0.4) is 0 Å². The molecule has 0 radical (unpaired) electrons. The van der Waals surface area contributed by atoms with E-state index in [-0.39, 0.29) is 35.6 Å². The lowest BCUT2D eigenvalue weighted by Gasteiger charge is -2.39. The highest BCUT2D eigenvalue weighted by molar-refractivity contribution is 8.02. The standard InChI is InChI=1S/C22H31N3O4S/c1-5-14(12-26)25-18-21(29)24(13(2)3)11-7-9-22(18)17(20(25)28)16-15(30-22)8-6-10-23(4)19(16)27/h6-9,13-18,26H,5,10-12H2,1-4H3/t14-,15-,16+,17-,18?,22-/m0/s1. The van der Waals surface area contributed by atoms with E-state index in [1.807, 2.05) is 45.1 Å². The predicted octanol–water partition coefficient (Wildman–Crippen LogP) is 0.890. The number of fused-ring (bicyclic) bond motifs is 2. The number of nitrogens with zero attached hydrogens (tertiary/aromatic N) is 3. The van der Waals surface area contributed by atoms with Gasteiger partial charge in [-0.2, -0.15) is 0 Å². The van der Waals surface area contributed by atoms with E-state index in [2.05, 4.69) is 0 Å². The largest absolute Gasteiger partial charge is 0.394 e. The number of aliphatic hydroxyl groups is 1. The molecule has 0 aromatic carbocycles. The number of amides is 3. The van der Waals surface area contributed by atoms with Crippen LogP contribution in [0, 0.1) is 11.8 Å². The maximum Gasteiger partial charge on any atom is 0.247 e. The van der Waals surface area contributed by atoms with Gasteiger partial charge in [-0.15, -0.1) is 11.8 Å². The van der Waals surface area contributed by atoms with Crippen molar-refractivity contribution in [1.29, 1.82) is 0 Å². The number of rotatable bonds is 4. The topological polar surface area (TPSA) is 81.2 Å². The van der Waals surface area contributed by atoms with Crippen LogP contribution in [0.25, 0.3) is 0 Å². The third-order valence-corrected chi connectivity index (χ3v) is 8.77. The van der Waals surface area contributed by atoms with Crippen molar-refractivity contribution < 1.29 is 19.5 Å². The number of likely N-dealkylation sites (tertiary alicyclic amines) is 1. The first-order chi connectivity index (χ1) is 14.3. The molecule has 2 saturated heterocycles. The number of hydrogen-bond acceptors (Lipinski definition) is 5. The van der Waals surface area contributed by atoms with E-state index >= 15 is 0 Å². The highest BCUT2D eigenvalue weighted by atomic mass is 32.2. The van der Waals surface area contributed by atoms with Gasteiger partial charge in [0.25, 0.3) is 0 Å². The van der Waals surface area contributed by atoms with Crippen LogP contribution in [-0.4, -0.2) is 92.4 Å². The Morgan fingerprint density at radius 2 is 1.90 bits per heavy atom. The predicted molar refractivity (Wildman–Crippen MR) is 116 cm³/mol. The fraction of sp³-hybridized carbons (Fsp3) is 0.682. The number of thioether (sulfide) groups is 1. The van der Waals surface area contributed by atoms with Crippen LogP contribution < -0.4 is 0 Å². The Kier molecular flexibility index (Phi) is 5.51. The SMILES string of the molecule is CC[C@@H](CO)N1C(=O)[C@@H]2[C@@H]3C(=O)N(C)CC=C[C@@H]3S[C@@]23C=CCN(C(C)C)C(=O)C13. The minimum Gasteiger partial charge on any atom is -0.394 e. The third kappa shape index (κ3) is 2.87. The average molecular weight is 434 g/mol. The fourth-order valence-electron chi connectivity index (χ4n) is 5.49. The summed E-state index contributed by atoms with van der Waals surface area (Å²) in [5.41, 5.74) is 0. The monoisotopic (exact) mass is 433 g/mol. The Hall–Kier alpha value is -1.80. The lowest BCUT2D eigenvalue weighted by molar-refractivity contribution is -0.147. The van der Waals surface area contributed by atoms with Gasteiger partial charge in [0.15, 0.2) is 0 Å². The summed E-state index contributed by atoms with van der Waals surface area (Å²) in [5, 5.41) is 9.89. The molecular weight excluding hydrogens is 402 g/mol. The van der Waals surface area contributed by atoms with Crippen LogP contribution in [0.1, 0.15) is 27.2 Å². The Balaban J connectivity index is 1.88. The molecule has 4 aliphatic rings. The van der Waals surface area contributed by atoms with E-state index < -0.39 is 28.7 Å². The lowest BCUT2D eigenvalue weighted by atomic mass is 9.78. The first-order valence-electron chi connectivity index (χ1n) is 10.8. The first-order valence-corrected chi connectivity index (χ1v) is 11.7. The number of hydrogen-bond donors (Lipinski definition) is 1. The van der Waals surface area contributed by atoms with Crippen LogP contribution in [-0.2, 0) is 14.4 Å². The molecule has 6 atom stereocenters. The Bertz CT molecular complexity index is 808. The molecular formula is C22H31N3O4S. The molecule has 8 heteroatoms. The summed E-state index contributed by atoms with van der Waals surface area (Å²) in [5.74, 6) is -1.43. The summed E-state index contributed by atoms with van der Waals surface area (Å²) in [6, 6.07) is -1.16. The van der Waals surface area contributed by atoms with Crippen molar-refractivity contribution in [3.8, 4) is 0 Å². The molecule has 7 nitrogen and oxygen atoms in total. The zero-order chi connectivity index (χ0) is 21.8. The number of aliphatic hydroxyl groups excluding tert-OH is 1. The minimum atomic E-state index is -0.798. The van der Waals surface area contributed by atoms with E-state index in [1.165, 1.54) is 0 Å². The second-order valence-electron chi connectivity index (χ2n) is 8.97. The van der Waals surface area contributed by atoms with Gasteiger partial charge in [0.05, 0.1) is 29.2 Å². The smallest absolute Gasteiger partial charge is 0.247 e. The van der Waals surface area contributed by atoms with Crippen molar-refractivity contribution in [2.75, 3.05) is 26.7 Å². The van der Waals surface area contributed by atoms with Gasteiger partial charge in [-0.1, -0.05) is 31.2 Å². The van der Waals surface area contributed by atoms with E-state index in [0.717, 1.165) is 0 Å². The van der Waals surface area contributed by atoms with E-state index in [4.69, 9.17) is 0 Å². The van der Waals surface area contributed by atoms with Gasteiger partial charge in [-0.3, -0.25) is 14.4 Å². The van der Waals surface area contributed by atoms with Gasteiger partial charge in [0.1, 0.15) is 6.04 Å². The molecule has 3 amide bonds. The minimum absolute atomic E-state index is 0.00736. The number of likely N-dealkylation sites (N-methyl/N-ethyl adjacent to an activating group) is 1. The van der Waals surface area contributed by atoms with Gasteiger partial charge >= 0.3 is 0 Å². The Labute approximate surface area is 182 Å². The molecule has 1 unspecified atom stereocenters. The summed E-state index contributed by atoms with van der Waals surface area (Å²) in [6.45, 7) is 6.66. The molecule has 4 aliphatic heterocycles. The maximum absolute atomic E-state index is 13.9. The third-order valence-electron chi connectivity index (χ3n) is 7.03. The van der Waals surface area contributed by atoms with Crippen molar-refractivity contribution >= 4 is 29.5 Å². The van der Waals surface area contributed by atoms with Gasteiger partial charge in [-0.25, -0.2) is 0 Å². The number of carbonyl (C=O) groups excluding carboxylic acids is 3. The highest BCUT2D eigenvalue weighted by Crippen LogP contribution is 2.61. The molecule has 0 saturated carbocycles. The van der Waals surface area contributed by atoms with Crippen LogP contribution in [0.5, 0.6) is 0 Å². The molecule has 0 aromatic heterocycles. The van der Waals surface area contributed by atoms with Crippen LogP contribution in [0.4, 0.5) is 0 Å². The van der Waals surface area contributed by atoms with Gasteiger partial charge in [0.2, 0.25) is 17.7 Å². The normalized spacial score (nSPS) is 36.7. The number of carbonyl (C=O) groups is 3. The Morgan fingerprint density at radius 1 is 1.17 bits per heavy atom. The second-order valence-corrected chi connectivity index (χ2v) is 10.5. The molecule has 0 aliphatic carbocycles. The van der Waals surface area contributed by atoms with Gasteiger partial charge < -0.3 is 19.8 Å². The molecule has 1 spiro atoms. The second kappa shape index (κ2) is 7.71. The van der Waals surface area contributed by atoms with Crippen LogP contribution >= 0.6 is 11.8 Å².